The van der Waals surface area contributed by atoms with Crippen LogP contribution in [0.5, 0.6) is 0 Å². The van der Waals surface area contributed by atoms with Crippen molar-refractivity contribution in [1.29, 1.82) is 0 Å². The van der Waals surface area contributed by atoms with Crippen molar-refractivity contribution in [2.75, 3.05) is 26.2 Å². The highest BCUT2D eigenvalue weighted by Crippen LogP contribution is 2.38. The Balaban J connectivity index is 1.57. The van der Waals surface area contributed by atoms with E-state index in [-0.39, 0.29) is 44.4 Å². The van der Waals surface area contributed by atoms with E-state index in [0.29, 0.717) is 5.52 Å². The topological polar surface area (TPSA) is 62.6 Å². The number of alkyl halides is 6. The van der Waals surface area contributed by atoms with E-state index in [1.54, 1.807) is 30.5 Å². The van der Waals surface area contributed by atoms with Crippen LogP contribution in [0.4, 0.5) is 31.1 Å². The molecule has 2 aromatic carbocycles. The molecular weight excluding hydrogens is 488 g/mol. The normalized spacial score (nSPS) is 16.2. The molecule has 1 amide bonds. The third-order valence-corrected chi connectivity index (χ3v) is 7.39. The predicted octanol–water partition coefficient (Wildman–Crippen LogP) is 4.65. The summed E-state index contributed by atoms with van der Waals surface area (Å²) in [5.74, 6) is 0. The minimum absolute atomic E-state index is 0.0876. The van der Waals surface area contributed by atoms with Crippen molar-refractivity contribution in [2.24, 2.45) is 0 Å². The summed E-state index contributed by atoms with van der Waals surface area (Å²) >= 11 is 0. The number of para-hydroxylation sites is 1. The summed E-state index contributed by atoms with van der Waals surface area (Å²) in [6.45, 7) is -0.749. The Bertz CT molecular complexity index is 1310. The molecule has 0 atom stereocenters. The molecule has 0 saturated carbocycles. The molecule has 0 bridgehead atoms. The lowest BCUT2D eigenvalue weighted by molar-refractivity contribution is -0.143. The zero-order chi connectivity index (χ0) is 24.9. The van der Waals surface area contributed by atoms with Crippen LogP contribution in [0.1, 0.15) is 11.1 Å². The van der Waals surface area contributed by atoms with E-state index in [2.05, 4.69) is 0 Å². The maximum absolute atomic E-state index is 13.1. The minimum atomic E-state index is -5.17. The zero-order valence-electron chi connectivity index (χ0n) is 17.3. The number of carbonyl (C=O) groups is 1. The first-order chi connectivity index (χ1) is 15.8. The van der Waals surface area contributed by atoms with Crippen LogP contribution >= 0.6 is 0 Å². The highest BCUT2D eigenvalue weighted by molar-refractivity contribution is 7.89. The van der Waals surface area contributed by atoms with E-state index in [4.69, 9.17) is 0 Å². The van der Waals surface area contributed by atoms with Gasteiger partial charge in [0.25, 0.3) is 0 Å². The van der Waals surface area contributed by atoms with Gasteiger partial charge in [0.15, 0.2) is 0 Å². The molecule has 3 aromatic rings. The van der Waals surface area contributed by atoms with Gasteiger partial charge >= 0.3 is 18.4 Å². The smallest absolute Gasteiger partial charge is 0.321 e. The SMILES string of the molecule is O=C(N1CCN(S(=O)(=O)c2cc(C(F)(F)F)cc(C(F)(F)F)c2)CC1)n1ccc2ccccc21. The summed E-state index contributed by atoms with van der Waals surface area (Å²) in [4.78, 5) is 13.1. The Kier molecular flexibility index (Phi) is 5.88. The third kappa shape index (κ3) is 4.49. The van der Waals surface area contributed by atoms with Gasteiger partial charge in [-0.3, -0.25) is 4.57 Å². The molecular formula is C21H17F6N3O3S. The van der Waals surface area contributed by atoms with E-state index in [1.165, 1.54) is 9.47 Å². The van der Waals surface area contributed by atoms with Crippen molar-refractivity contribution in [2.45, 2.75) is 17.2 Å². The van der Waals surface area contributed by atoms with Gasteiger partial charge in [0.05, 0.1) is 21.5 Å². The van der Waals surface area contributed by atoms with Crippen molar-refractivity contribution < 1.29 is 39.6 Å². The molecule has 13 heteroatoms. The van der Waals surface area contributed by atoms with Crippen LogP contribution in [0.15, 0.2) is 59.6 Å². The van der Waals surface area contributed by atoms with Gasteiger partial charge in [-0.1, -0.05) is 18.2 Å². The van der Waals surface area contributed by atoms with Crippen LogP contribution in [0, 0.1) is 0 Å². The Morgan fingerprint density at radius 3 is 1.91 bits per heavy atom. The van der Waals surface area contributed by atoms with Crippen molar-refractivity contribution in [3.8, 4) is 0 Å². The van der Waals surface area contributed by atoms with Crippen LogP contribution in [-0.2, 0) is 22.4 Å². The fourth-order valence-electron chi connectivity index (χ4n) is 3.75. The largest absolute Gasteiger partial charge is 0.416 e. The van der Waals surface area contributed by atoms with E-state index in [9.17, 15) is 39.6 Å². The van der Waals surface area contributed by atoms with Gasteiger partial charge in [-0.05, 0) is 30.3 Å². The first-order valence-electron chi connectivity index (χ1n) is 9.93. The van der Waals surface area contributed by atoms with Gasteiger partial charge in [-0.25, -0.2) is 13.2 Å². The molecule has 0 aliphatic carbocycles. The maximum atomic E-state index is 13.1. The van der Waals surface area contributed by atoms with Gasteiger partial charge in [-0.15, -0.1) is 0 Å². The molecule has 0 N–H and O–H groups in total. The quantitative estimate of drug-likeness (QED) is 0.477. The Hall–Kier alpha value is -3.06. The van der Waals surface area contributed by atoms with Gasteiger partial charge in [0.2, 0.25) is 10.0 Å². The Morgan fingerprint density at radius 1 is 0.794 bits per heavy atom. The lowest BCUT2D eigenvalue weighted by atomic mass is 10.1. The highest BCUT2D eigenvalue weighted by atomic mass is 32.2. The van der Waals surface area contributed by atoms with Gasteiger partial charge in [-0.2, -0.15) is 30.6 Å². The maximum Gasteiger partial charge on any atom is 0.416 e. The molecule has 0 unspecified atom stereocenters. The number of nitrogens with zero attached hydrogens (tertiary/aromatic N) is 3. The van der Waals surface area contributed by atoms with Crippen molar-refractivity contribution in [3.63, 3.8) is 0 Å². The summed E-state index contributed by atoms with van der Waals surface area (Å²) in [7, 11) is -4.68. The van der Waals surface area contributed by atoms with Crippen LogP contribution in [-0.4, -0.2) is 54.4 Å². The minimum Gasteiger partial charge on any atom is -0.321 e. The van der Waals surface area contributed by atoms with E-state index in [0.717, 1.165) is 9.69 Å². The number of piperazine rings is 1. The number of carbonyl (C=O) groups excluding carboxylic acids is 1. The third-order valence-electron chi connectivity index (χ3n) is 5.51. The van der Waals surface area contributed by atoms with Crippen LogP contribution in [0.25, 0.3) is 10.9 Å². The first-order valence-corrected chi connectivity index (χ1v) is 11.4. The van der Waals surface area contributed by atoms with Crippen molar-refractivity contribution >= 4 is 27.0 Å². The summed E-state index contributed by atoms with van der Waals surface area (Å²) in [6, 6.07) is 8.67. The molecule has 1 fully saturated rings. The number of sulfonamides is 1. The van der Waals surface area contributed by atoms with E-state index < -0.39 is 44.4 Å². The van der Waals surface area contributed by atoms with Crippen LogP contribution in [0.2, 0.25) is 0 Å². The molecule has 1 aromatic heterocycles. The molecule has 0 spiro atoms. The summed E-state index contributed by atoms with van der Waals surface area (Å²) in [6.07, 6.45) is -8.77. The van der Waals surface area contributed by atoms with Crippen LogP contribution in [0.3, 0.4) is 0 Å². The molecule has 0 radical (unpaired) electrons. The number of fused-ring (bicyclic) bond motifs is 1. The van der Waals surface area contributed by atoms with Gasteiger partial charge < -0.3 is 4.90 Å². The zero-order valence-corrected chi connectivity index (χ0v) is 18.1. The number of amides is 1. The Labute approximate surface area is 190 Å². The standard InChI is InChI=1S/C21H17F6N3O3S/c22-20(23,24)15-11-16(21(25,26)27)13-17(12-15)34(32,33)29-9-7-28(8-10-29)19(31)30-6-5-14-3-1-2-4-18(14)30/h1-6,11-13H,7-10H2. The fourth-order valence-corrected chi connectivity index (χ4v) is 5.24. The molecule has 1 aliphatic rings. The van der Waals surface area contributed by atoms with Crippen molar-refractivity contribution in [3.05, 3.63) is 65.9 Å². The van der Waals surface area contributed by atoms with E-state index in [1.807, 2.05) is 6.07 Å². The number of hydrogen-bond donors (Lipinski definition) is 0. The van der Waals surface area contributed by atoms with E-state index >= 15 is 0 Å². The monoisotopic (exact) mass is 505 g/mol. The van der Waals surface area contributed by atoms with Gasteiger partial charge in [0, 0.05) is 37.8 Å². The number of benzene rings is 2. The summed E-state index contributed by atoms with van der Waals surface area (Å²) < 4.78 is 107. The number of rotatable bonds is 2. The second-order valence-electron chi connectivity index (χ2n) is 7.66. The summed E-state index contributed by atoms with van der Waals surface area (Å²) in [5, 5.41) is 0.821. The average Bonchev–Trinajstić information content (AvgIpc) is 3.21. The molecule has 182 valence electrons. The van der Waals surface area contributed by atoms with Crippen molar-refractivity contribution in [1.82, 2.24) is 13.8 Å². The number of hydrogen-bond acceptors (Lipinski definition) is 3. The number of halogens is 6. The predicted molar refractivity (Wildman–Crippen MR) is 110 cm³/mol. The fraction of sp³-hybridized carbons (Fsp3) is 0.286. The lowest BCUT2D eigenvalue weighted by Gasteiger charge is -2.34. The molecule has 1 saturated heterocycles. The second kappa shape index (κ2) is 8.31. The second-order valence-corrected chi connectivity index (χ2v) is 9.60. The molecule has 4 rings (SSSR count). The number of aromatic nitrogens is 1. The van der Waals surface area contributed by atoms with Crippen LogP contribution < -0.4 is 0 Å². The highest BCUT2D eigenvalue weighted by Gasteiger charge is 2.39. The average molecular weight is 505 g/mol. The summed E-state index contributed by atoms with van der Waals surface area (Å²) in [5.41, 5.74) is -2.78. The first kappa shape index (κ1) is 24.1. The molecule has 6 nitrogen and oxygen atoms in total. The van der Waals surface area contributed by atoms with Gasteiger partial charge in [0.1, 0.15) is 0 Å². The lowest BCUT2D eigenvalue weighted by Crippen LogP contribution is -2.51. The molecule has 2 heterocycles. The molecule has 1 aliphatic heterocycles. The molecule has 34 heavy (non-hydrogen) atoms. The Morgan fingerprint density at radius 2 is 1.35 bits per heavy atom.